The van der Waals surface area contributed by atoms with Crippen LogP contribution in [0.1, 0.15) is 42.3 Å². The van der Waals surface area contributed by atoms with E-state index in [0.29, 0.717) is 18.4 Å². The maximum atomic E-state index is 5.91. The average Bonchev–Trinajstić information content (AvgIpc) is 2.93. The minimum atomic E-state index is 0.393. The number of aryl methyl sites for hydroxylation is 1. The summed E-state index contributed by atoms with van der Waals surface area (Å²) in [5.41, 5.74) is 8.14. The molecule has 21 heavy (non-hydrogen) atoms. The van der Waals surface area contributed by atoms with E-state index in [1.165, 1.54) is 5.56 Å². The van der Waals surface area contributed by atoms with Gasteiger partial charge >= 0.3 is 0 Å². The Morgan fingerprint density at radius 3 is 2.76 bits per heavy atom. The highest BCUT2D eigenvalue weighted by molar-refractivity contribution is 7.11. The van der Waals surface area contributed by atoms with E-state index in [1.54, 1.807) is 11.3 Å². The number of nitrogens with two attached hydrogens (primary N) is 1. The molecule has 0 bridgehead atoms. The highest BCUT2D eigenvalue weighted by Crippen LogP contribution is 2.18. The van der Waals surface area contributed by atoms with Crippen molar-refractivity contribution in [1.29, 1.82) is 0 Å². The van der Waals surface area contributed by atoms with Crippen LogP contribution in [0.4, 0.5) is 5.69 Å². The summed E-state index contributed by atoms with van der Waals surface area (Å²) >= 11 is 1.57. The molecule has 5 nitrogen and oxygen atoms in total. The first-order valence-corrected chi connectivity index (χ1v) is 7.88. The number of guanidine groups is 1. The van der Waals surface area contributed by atoms with Crippen molar-refractivity contribution in [1.82, 2.24) is 10.2 Å². The van der Waals surface area contributed by atoms with Crippen molar-refractivity contribution in [2.75, 3.05) is 5.32 Å². The zero-order valence-corrected chi connectivity index (χ0v) is 13.4. The molecule has 2 rings (SSSR count). The molecule has 1 heterocycles. The fourth-order valence-corrected chi connectivity index (χ4v) is 2.52. The summed E-state index contributed by atoms with van der Waals surface area (Å²) in [4.78, 5) is 4.30. The summed E-state index contributed by atoms with van der Waals surface area (Å²) in [6.45, 7) is 6.85. The molecule has 0 saturated carbocycles. The van der Waals surface area contributed by atoms with Crippen LogP contribution in [0.15, 0.2) is 29.3 Å². The molecule has 0 spiro atoms. The number of hydrogen-bond donors (Lipinski definition) is 2. The van der Waals surface area contributed by atoms with Gasteiger partial charge in [-0.3, -0.25) is 0 Å². The average molecular weight is 303 g/mol. The number of aromatic nitrogens is 2. The molecule has 0 fully saturated rings. The number of nitrogens with one attached hydrogen (secondary N) is 1. The molecular formula is C15H21N5S. The molecule has 0 amide bonds. The molecule has 1 aromatic heterocycles. The van der Waals surface area contributed by atoms with Crippen LogP contribution in [-0.4, -0.2) is 16.2 Å². The molecule has 3 N–H and O–H groups in total. The van der Waals surface area contributed by atoms with E-state index >= 15 is 0 Å². The van der Waals surface area contributed by atoms with Crippen LogP contribution in [0, 0.1) is 0 Å². The van der Waals surface area contributed by atoms with Crippen LogP contribution >= 0.6 is 11.3 Å². The first-order chi connectivity index (χ1) is 10.1. The zero-order chi connectivity index (χ0) is 15.2. The Morgan fingerprint density at radius 1 is 1.33 bits per heavy atom. The van der Waals surface area contributed by atoms with Gasteiger partial charge in [-0.2, -0.15) is 0 Å². The van der Waals surface area contributed by atoms with Gasteiger partial charge in [-0.05, 0) is 30.0 Å². The summed E-state index contributed by atoms with van der Waals surface area (Å²) < 4.78 is 0. The SMILES string of the molecule is CCc1nnc(CN=C(N)Nc2cccc(C(C)C)c2)s1. The number of nitrogens with zero attached hydrogens (tertiary/aromatic N) is 3. The smallest absolute Gasteiger partial charge is 0.193 e. The Bertz CT molecular complexity index is 618. The monoisotopic (exact) mass is 303 g/mol. The predicted octanol–water partition coefficient (Wildman–Crippen LogP) is 3.15. The molecule has 6 heteroatoms. The van der Waals surface area contributed by atoms with Gasteiger partial charge in [0.15, 0.2) is 5.96 Å². The Balaban J connectivity index is 1.98. The van der Waals surface area contributed by atoms with Gasteiger partial charge in [-0.25, -0.2) is 4.99 Å². The van der Waals surface area contributed by atoms with E-state index in [0.717, 1.165) is 22.1 Å². The third-order valence-corrected chi connectivity index (χ3v) is 4.07. The summed E-state index contributed by atoms with van der Waals surface area (Å²) in [5, 5.41) is 13.2. The number of benzene rings is 1. The molecule has 1 aromatic carbocycles. The lowest BCUT2D eigenvalue weighted by Crippen LogP contribution is -2.22. The third kappa shape index (κ3) is 4.53. The van der Waals surface area contributed by atoms with Gasteiger partial charge in [0.05, 0.1) is 6.54 Å². The normalized spacial score (nSPS) is 11.9. The van der Waals surface area contributed by atoms with Crippen LogP contribution < -0.4 is 11.1 Å². The minimum absolute atomic E-state index is 0.393. The second kappa shape index (κ2) is 7.17. The van der Waals surface area contributed by atoms with Crippen molar-refractivity contribution in [2.24, 2.45) is 10.7 Å². The van der Waals surface area contributed by atoms with E-state index < -0.39 is 0 Å². The number of rotatable bonds is 5. The van der Waals surface area contributed by atoms with E-state index in [4.69, 9.17) is 5.73 Å². The quantitative estimate of drug-likeness (QED) is 0.657. The number of aliphatic imine (C=N–C) groups is 1. The Morgan fingerprint density at radius 2 is 2.10 bits per heavy atom. The van der Waals surface area contributed by atoms with Gasteiger partial charge < -0.3 is 11.1 Å². The first kappa shape index (κ1) is 15.4. The third-order valence-electron chi connectivity index (χ3n) is 3.02. The lowest BCUT2D eigenvalue weighted by molar-refractivity contribution is 0.867. The van der Waals surface area contributed by atoms with E-state index in [9.17, 15) is 0 Å². The van der Waals surface area contributed by atoms with E-state index in [1.807, 2.05) is 12.1 Å². The maximum Gasteiger partial charge on any atom is 0.193 e. The zero-order valence-electron chi connectivity index (χ0n) is 12.6. The summed E-state index contributed by atoms with van der Waals surface area (Å²) in [5.74, 6) is 0.878. The Hall–Kier alpha value is -1.95. The van der Waals surface area contributed by atoms with Crippen LogP contribution in [0.2, 0.25) is 0 Å². The Labute approximate surface area is 129 Å². The van der Waals surface area contributed by atoms with Crippen molar-refractivity contribution in [3.63, 3.8) is 0 Å². The van der Waals surface area contributed by atoms with Crippen molar-refractivity contribution >= 4 is 23.0 Å². The molecule has 0 saturated heterocycles. The Kier molecular flexibility index (Phi) is 5.27. The summed E-state index contributed by atoms with van der Waals surface area (Å²) in [7, 11) is 0. The van der Waals surface area contributed by atoms with Gasteiger partial charge in [-0.1, -0.05) is 44.2 Å². The molecular weight excluding hydrogens is 282 g/mol. The van der Waals surface area contributed by atoms with Gasteiger partial charge in [0.2, 0.25) is 0 Å². The number of hydrogen-bond acceptors (Lipinski definition) is 4. The fourth-order valence-electron chi connectivity index (χ4n) is 1.81. The molecule has 0 atom stereocenters. The molecule has 0 radical (unpaired) electrons. The lowest BCUT2D eigenvalue weighted by Gasteiger charge is -2.09. The molecule has 0 aliphatic heterocycles. The van der Waals surface area contributed by atoms with Gasteiger partial charge in [-0.15, -0.1) is 10.2 Å². The number of anilines is 1. The largest absolute Gasteiger partial charge is 0.370 e. The second-order valence-corrected chi connectivity index (χ2v) is 6.20. The van der Waals surface area contributed by atoms with Crippen molar-refractivity contribution in [3.05, 3.63) is 39.8 Å². The highest BCUT2D eigenvalue weighted by Gasteiger charge is 2.03. The first-order valence-electron chi connectivity index (χ1n) is 7.06. The summed E-state index contributed by atoms with van der Waals surface area (Å²) in [6, 6.07) is 8.20. The summed E-state index contributed by atoms with van der Waals surface area (Å²) in [6.07, 6.45) is 0.900. The van der Waals surface area contributed by atoms with Gasteiger partial charge in [0.25, 0.3) is 0 Å². The van der Waals surface area contributed by atoms with Crippen molar-refractivity contribution < 1.29 is 0 Å². The van der Waals surface area contributed by atoms with Gasteiger partial charge in [0.1, 0.15) is 10.0 Å². The van der Waals surface area contributed by atoms with Gasteiger partial charge in [0, 0.05) is 5.69 Å². The minimum Gasteiger partial charge on any atom is -0.370 e. The van der Waals surface area contributed by atoms with Crippen LogP contribution in [0.3, 0.4) is 0 Å². The van der Waals surface area contributed by atoms with E-state index in [-0.39, 0.29) is 0 Å². The molecule has 0 unspecified atom stereocenters. The van der Waals surface area contributed by atoms with E-state index in [2.05, 4.69) is 53.4 Å². The predicted molar refractivity (Wildman–Crippen MR) is 88.8 cm³/mol. The van der Waals surface area contributed by atoms with Crippen molar-refractivity contribution in [3.8, 4) is 0 Å². The topological polar surface area (TPSA) is 76.2 Å². The van der Waals surface area contributed by atoms with Crippen LogP contribution in [0.5, 0.6) is 0 Å². The molecule has 0 aliphatic carbocycles. The molecule has 0 aliphatic rings. The van der Waals surface area contributed by atoms with Crippen LogP contribution in [0.25, 0.3) is 0 Å². The standard InChI is InChI=1S/C15H21N5S/c1-4-13-19-20-14(21-13)9-17-15(16)18-12-7-5-6-11(8-12)10(2)3/h5-8,10H,4,9H2,1-3H3,(H3,16,17,18). The van der Waals surface area contributed by atoms with Crippen LogP contribution in [-0.2, 0) is 13.0 Å². The second-order valence-electron chi connectivity index (χ2n) is 5.05. The lowest BCUT2D eigenvalue weighted by atomic mass is 10.0. The highest BCUT2D eigenvalue weighted by atomic mass is 32.1. The molecule has 112 valence electrons. The van der Waals surface area contributed by atoms with Crippen molar-refractivity contribution in [2.45, 2.75) is 39.7 Å². The molecule has 2 aromatic rings. The fraction of sp³-hybridized carbons (Fsp3) is 0.400. The maximum absolute atomic E-state index is 5.91.